The first-order chi connectivity index (χ1) is 9.24. The molecular weight excluding hydrogens is 291 g/mol. The summed E-state index contributed by atoms with van der Waals surface area (Å²) >= 11 is 6.39. The van der Waals surface area contributed by atoms with Crippen LogP contribution in [0.15, 0.2) is 36.7 Å². The van der Waals surface area contributed by atoms with Crippen LogP contribution in [0, 0.1) is 0 Å². The van der Waals surface area contributed by atoms with Crippen LogP contribution in [0.5, 0.6) is 0 Å². The fourth-order valence-electron chi connectivity index (χ4n) is 2.83. The lowest BCUT2D eigenvalue weighted by Crippen LogP contribution is -2.20. The summed E-state index contributed by atoms with van der Waals surface area (Å²) in [4.78, 5) is 2.38. The van der Waals surface area contributed by atoms with Crippen LogP contribution in [-0.4, -0.2) is 29.6 Å². The summed E-state index contributed by atoms with van der Waals surface area (Å²) in [6.07, 6.45) is 6.39. The molecule has 2 nitrogen and oxygen atoms in total. The van der Waals surface area contributed by atoms with Crippen molar-refractivity contribution >= 4 is 24.0 Å². The summed E-state index contributed by atoms with van der Waals surface area (Å²) in [5.74, 6) is 0. The van der Waals surface area contributed by atoms with Crippen molar-refractivity contribution in [3.05, 3.63) is 58.4 Å². The van der Waals surface area contributed by atoms with Gasteiger partial charge in [-0.2, -0.15) is 0 Å². The molecule has 0 spiro atoms. The third kappa shape index (κ3) is 3.20. The predicted octanol–water partition coefficient (Wildman–Crippen LogP) is 3.64. The molecule has 0 N–H and O–H groups in total. The van der Waals surface area contributed by atoms with E-state index >= 15 is 0 Å². The molecule has 0 unspecified atom stereocenters. The number of nitrogens with zero attached hydrogens (tertiary/aromatic N) is 2. The minimum Gasteiger partial charge on any atom is -0.350 e. The summed E-state index contributed by atoms with van der Waals surface area (Å²) < 4.78 is 2.22. The second-order valence-electron chi connectivity index (χ2n) is 5.32. The van der Waals surface area contributed by atoms with Crippen molar-refractivity contribution in [1.29, 1.82) is 0 Å². The average Bonchev–Trinajstić information content (AvgIpc) is 2.82. The lowest BCUT2D eigenvalue weighted by atomic mass is 9.97. The van der Waals surface area contributed by atoms with Gasteiger partial charge in [-0.05, 0) is 54.8 Å². The van der Waals surface area contributed by atoms with Gasteiger partial charge >= 0.3 is 0 Å². The lowest BCUT2D eigenvalue weighted by Gasteiger charge is -2.14. The van der Waals surface area contributed by atoms with Gasteiger partial charge in [-0.1, -0.05) is 17.7 Å². The van der Waals surface area contributed by atoms with Crippen LogP contribution < -0.4 is 0 Å². The van der Waals surface area contributed by atoms with Crippen LogP contribution >= 0.6 is 24.0 Å². The van der Waals surface area contributed by atoms with E-state index in [2.05, 4.69) is 53.2 Å². The Bertz CT molecular complexity index is 564. The first-order valence-electron chi connectivity index (χ1n) is 6.82. The Morgan fingerprint density at radius 3 is 2.40 bits per heavy atom. The molecule has 3 rings (SSSR count). The Labute approximate surface area is 131 Å². The average molecular weight is 311 g/mol. The lowest BCUT2D eigenvalue weighted by molar-refractivity contribution is 0.352. The maximum atomic E-state index is 6.39. The standard InChI is InChI=1S/C16H19ClN2.ClH/c1-18-10-6-14-13(12-19-8-2-3-9-19)4-5-16(17)15(14)7-11-18;/h2-5,8-9H,6-7,10-12H2,1H3;1H. The number of likely N-dealkylation sites (N-methyl/N-ethyl adjacent to an activating group) is 1. The first-order valence-corrected chi connectivity index (χ1v) is 7.20. The van der Waals surface area contributed by atoms with Crippen molar-refractivity contribution < 1.29 is 0 Å². The van der Waals surface area contributed by atoms with Gasteiger partial charge < -0.3 is 9.47 Å². The second-order valence-corrected chi connectivity index (χ2v) is 5.73. The second kappa shape index (κ2) is 6.66. The van der Waals surface area contributed by atoms with Crippen LogP contribution in [0.2, 0.25) is 5.02 Å². The van der Waals surface area contributed by atoms with E-state index in [1.165, 1.54) is 16.7 Å². The van der Waals surface area contributed by atoms with E-state index in [0.717, 1.165) is 37.5 Å². The molecule has 4 heteroatoms. The van der Waals surface area contributed by atoms with Gasteiger partial charge in [-0.15, -0.1) is 12.4 Å². The molecule has 0 aliphatic carbocycles. The summed E-state index contributed by atoms with van der Waals surface area (Å²) in [7, 11) is 2.19. The molecule has 1 aromatic carbocycles. The predicted molar refractivity (Wildman–Crippen MR) is 87.1 cm³/mol. The Balaban J connectivity index is 0.00000147. The van der Waals surface area contributed by atoms with E-state index in [9.17, 15) is 0 Å². The van der Waals surface area contributed by atoms with Crippen molar-refractivity contribution in [3.63, 3.8) is 0 Å². The van der Waals surface area contributed by atoms with Crippen LogP contribution in [0.25, 0.3) is 0 Å². The van der Waals surface area contributed by atoms with E-state index in [1.54, 1.807) is 0 Å². The molecule has 0 fully saturated rings. The van der Waals surface area contributed by atoms with Gasteiger partial charge in [0.05, 0.1) is 0 Å². The van der Waals surface area contributed by atoms with E-state index < -0.39 is 0 Å². The summed E-state index contributed by atoms with van der Waals surface area (Å²) in [5, 5.41) is 0.932. The molecule has 2 heterocycles. The smallest absolute Gasteiger partial charge is 0.0473 e. The highest BCUT2D eigenvalue weighted by molar-refractivity contribution is 6.31. The Kier molecular flexibility index (Phi) is 5.14. The van der Waals surface area contributed by atoms with Crippen molar-refractivity contribution in [1.82, 2.24) is 9.47 Å². The summed E-state index contributed by atoms with van der Waals surface area (Å²) in [6, 6.07) is 8.39. The van der Waals surface area contributed by atoms with Crippen LogP contribution in [0.3, 0.4) is 0 Å². The molecule has 108 valence electrons. The molecular formula is C16H20Cl2N2. The van der Waals surface area contributed by atoms with Crippen molar-refractivity contribution in [3.8, 4) is 0 Å². The zero-order chi connectivity index (χ0) is 13.2. The summed E-state index contributed by atoms with van der Waals surface area (Å²) in [6.45, 7) is 3.15. The van der Waals surface area contributed by atoms with E-state index in [-0.39, 0.29) is 12.4 Å². The summed E-state index contributed by atoms with van der Waals surface area (Å²) in [5.41, 5.74) is 4.23. The quantitative estimate of drug-likeness (QED) is 0.822. The molecule has 1 aliphatic heterocycles. The third-order valence-electron chi connectivity index (χ3n) is 3.98. The molecule has 1 aliphatic rings. The molecule has 0 bridgehead atoms. The van der Waals surface area contributed by atoms with E-state index in [4.69, 9.17) is 11.6 Å². The number of rotatable bonds is 2. The Morgan fingerprint density at radius 2 is 1.70 bits per heavy atom. The van der Waals surface area contributed by atoms with Crippen LogP contribution in [0.1, 0.15) is 16.7 Å². The van der Waals surface area contributed by atoms with Gasteiger partial charge in [0.1, 0.15) is 0 Å². The molecule has 0 saturated heterocycles. The Hall–Kier alpha value is -0.960. The van der Waals surface area contributed by atoms with Crippen LogP contribution in [0.4, 0.5) is 0 Å². The van der Waals surface area contributed by atoms with Gasteiger partial charge in [-0.3, -0.25) is 0 Å². The number of hydrogen-bond donors (Lipinski definition) is 0. The minimum absolute atomic E-state index is 0. The maximum absolute atomic E-state index is 6.39. The van der Waals surface area contributed by atoms with Gasteiger partial charge in [0.15, 0.2) is 0 Å². The van der Waals surface area contributed by atoms with Crippen molar-refractivity contribution in [2.45, 2.75) is 19.4 Å². The molecule has 0 saturated carbocycles. The highest BCUT2D eigenvalue weighted by Crippen LogP contribution is 2.27. The molecule has 0 atom stereocenters. The molecule has 2 aromatic rings. The van der Waals surface area contributed by atoms with Crippen molar-refractivity contribution in [2.24, 2.45) is 0 Å². The van der Waals surface area contributed by atoms with E-state index in [1.807, 2.05) is 0 Å². The van der Waals surface area contributed by atoms with Gasteiger partial charge in [0.2, 0.25) is 0 Å². The Morgan fingerprint density at radius 1 is 1.05 bits per heavy atom. The van der Waals surface area contributed by atoms with Gasteiger partial charge in [-0.25, -0.2) is 0 Å². The molecule has 20 heavy (non-hydrogen) atoms. The molecule has 1 aromatic heterocycles. The largest absolute Gasteiger partial charge is 0.350 e. The number of hydrogen-bond acceptors (Lipinski definition) is 1. The van der Waals surface area contributed by atoms with E-state index in [0.29, 0.717) is 0 Å². The molecule has 0 radical (unpaired) electrons. The zero-order valence-corrected chi connectivity index (χ0v) is 13.3. The SMILES string of the molecule is CN1CCc2c(Cl)ccc(Cn3cccc3)c2CC1.Cl. The monoisotopic (exact) mass is 310 g/mol. The number of benzene rings is 1. The zero-order valence-electron chi connectivity index (χ0n) is 11.7. The van der Waals surface area contributed by atoms with Crippen LogP contribution in [-0.2, 0) is 19.4 Å². The highest BCUT2D eigenvalue weighted by Gasteiger charge is 2.17. The molecule has 0 amide bonds. The van der Waals surface area contributed by atoms with Crippen molar-refractivity contribution in [2.75, 3.05) is 20.1 Å². The van der Waals surface area contributed by atoms with Gasteiger partial charge in [0, 0.05) is 37.1 Å². The number of halogens is 2. The third-order valence-corrected chi connectivity index (χ3v) is 4.33. The fourth-order valence-corrected chi connectivity index (χ4v) is 3.10. The van der Waals surface area contributed by atoms with Gasteiger partial charge in [0.25, 0.3) is 0 Å². The maximum Gasteiger partial charge on any atom is 0.0473 e. The number of fused-ring (bicyclic) bond motifs is 1. The topological polar surface area (TPSA) is 8.17 Å². The normalized spacial score (nSPS) is 15.3. The fraction of sp³-hybridized carbons (Fsp3) is 0.375. The first kappa shape index (κ1) is 15.4. The highest BCUT2D eigenvalue weighted by atomic mass is 35.5. The number of aromatic nitrogens is 1. The minimum atomic E-state index is 0.